The zero-order chi connectivity index (χ0) is 7.82. The molecule has 0 aliphatic rings. The summed E-state index contributed by atoms with van der Waals surface area (Å²) in [6, 6.07) is 0. The van der Waals surface area contributed by atoms with Crippen LogP contribution in [0.25, 0.3) is 0 Å². The van der Waals surface area contributed by atoms with Crippen LogP contribution >= 0.6 is 0 Å². The van der Waals surface area contributed by atoms with E-state index in [-0.39, 0.29) is 5.91 Å². The predicted molar refractivity (Wildman–Crippen MR) is 40.6 cm³/mol. The van der Waals surface area contributed by atoms with Gasteiger partial charge in [-0.3, -0.25) is 4.79 Å². The third-order valence-electron chi connectivity index (χ3n) is 0.897. The summed E-state index contributed by atoms with van der Waals surface area (Å²) in [5.74, 6) is -0.0757. The number of hydrazone groups is 1. The van der Waals surface area contributed by atoms with Crippen LogP contribution in [0.4, 0.5) is 0 Å². The average molecular weight is 143 g/mol. The van der Waals surface area contributed by atoms with Crippen molar-refractivity contribution in [1.29, 1.82) is 0 Å². The van der Waals surface area contributed by atoms with Crippen LogP contribution in [0, 0.1) is 0 Å². The van der Waals surface area contributed by atoms with Crippen molar-refractivity contribution in [3.8, 4) is 0 Å². The number of carbonyl (C=O) groups is 1. The topological polar surface area (TPSA) is 67.5 Å². The minimum Gasteiger partial charge on any atom is -0.330 e. The Morgan fingerprint density at radius 2 is 2.50 bits per heavy atom. The van der Waals surface area contributed by atoms with E-state index in [9.17, 15) is 4.79 Å². The van der Waals surface area contributed by atoms with Crippen molar-refractivity contribution in [1.82, 2.24) is 5.43 Å². The summed E-state index contributed by atoms with van der Waals surface area (Å²) in [7, 11) is 0. The highest BCUT2D eigenvalue weighted by Gasteiger charge is 1.89. The van der Waals surface area contributed by atoms with E-state index in [2.05, 4.69) is 10.5 Å². The molecule has 3 N–H and O–H groups in total. The Hall–Kier alpha value is -0.900. The van der Waals surface area contributed by atoms with E-state index in [0.29, 0.717) is 19.4 Å². The minimum absolute atomic E-state index is 0.0757. The fourth-order valence-electron chi connectivity index (χ4n) is 0.336. The molecule has 0 spiro atoms. The summed E-state index contributed by atoms with van der Waals surface area (Å²) >= 11 is 0. The van der Waals surface area contributed by atoms with Gasteiger partial charge in [0.15, 0.2) is 0 Å². The second kappa shape index (κ2) is 6.22. The molecule has 0 saturated heterocycles. The van der Waals surface area contributed by atoms with Gasteiger partial charge in [-0.1, -0.05) is 6.92 Å². The minimum atomic E-state index is -0.0757. The summed E-state index contributed by atoms with van der Waals surface area (Å²) in [6.07, 6.45) is 2.75. The summed E-state index contributed by atoms with van der Waals surface area (Å²) in [5, 5.41) is 3.63. The van der Waals surface area contributed by atoms with Crippen molar-refractivity contribution >= 4 is 12.1 Å². The second-order valence-corrected chi connectivity index (χ2v) is 1.78. The van der Waals surface area contributed by atoms with Crippen molar-refractivity contribution in [2.24, 2.45) is 10.8 Å². The molecule has 58 valence electrons. The van der Waals surface area contributed by atoms with Gasteiger partial charge in [0.1, 0.15) is 0 Å². The molecule has 10 heavy (non-hydrogen) atoms. The first-order chi connectivity index (χ1) is 4.81. The number of hydrogen-bond acceptors (Lipinski definition) is 3. The smallest absolute Gasteiger partial charge is 0.239 e. The first-order valence-electron chi connectivity index (χ1n) is 3.31. The van der Waals surface area contributed by atoms with Crippen molar-refractivity contribution in [3.63, 3.8) is 0 Å². The molecular weight excluding hydrogens is 130 g/mol. The zero-order valence-electron chi connectivity index (χ0n) is 6.13. The van der Waals surface area contributed by atoms with Gasteiger partial charge in [-0.2, -0.15) is 5.10 Å². The van der Waals surface area contributed by atoms with Crippen LogP contribution in [0.15, 0.2) is 5.10 Å². The van der Waals surface area contributed by atoms with Crippen LogP contribution in [0.1, 0.15) is 19.8 Å². The molecule has 4 nitrogen and oxygen atoms in total. The van der Waals surface area contributed by atoms with Crippen LogP contribution in [-0.4, -0.2) is 18.7 Å². The Labute approximate surface area is 60.5 Å². The number of amides is 1. The second-order valence-electron chi connectivity index (χ2n) is 1.78. The number of nitrogens with one attached hydrogen (secondary N) is 1. The highest BCUT2D eigenvalue weighted by atomic mass is 16.2. The molecule has 0 saturated carbocycles. The van der Waals surface area contributed by atoms with Crippen LogP contribution < -0.4 is 11.2 Å². The molecule has 0 bridgehead atoms. The van der Waals surface area contributed by atoms with Crippen LogP contribution in [0.2, 0.25) is 0 Å². The maximum atomic E-state index is 10.5. The molecule has 0 atom stereocenters. The quantitative estimate of drug-likeness (QED) is 0.424. The van der Waals surface area contributed by atoms with Gasteiger partial charge in [0, 0.05) is 12.6 Å². The zero-order valence-corrected chi connectivity index (χ0v) is 6.13. The molecule has 0 aromatic rings. The Kier molecular flexibility index (Phi) is 5.66. The lowest BCUT2D eigenvalue weighted by molar-refractivity contribution is -0.120. The first kappa shape index (κ1) is 9.10. The summed E-state index contributed by atoms with van der Waals surface area (Å²) in [4.78, 5) is 10.5. The maximum absolute atomic E-state index is 10.5. The van der Waals surface area contributed by atoms with E-state index in [1.54, 1.807) is 13.1 Å². The summed E-state index contributed by atoms with van der Waals surface area (Å²) < 4.78 is 0. The third-order valence-corrected chi connectivity index (χ3v) is 0.897. The van der Waals surface area contributed by atoms with E-state index < -0.39 is 0 Å². The van der Waals surface area contributed by atoms with Gasteiger partial charge in [0.2, 0.25) is 5.91 Å². The molecule has 0 aromatic carbocycles. The number of rotatable bonds is 4. The molecule has 0 rings (SSSR count). The molecule has 1 amide bonds. The maximum Gasteiger partial charge on any atom is 0.239 e. The van der Waals surface area contributed by atoms with E-state index >= 15 is 0 Å². The van der Waals surface area contributed by atoms with E-state index in [1.165, 1.54) is 0 Å². The molecular formula is C6H13N3O. The van der Waals surface area contributed by atoms with Gasteiger partial charge in [-0.15, -0.1) is 0 Å². The lowest BCUT2D eigenvalue weighted by Crippen LogP contribution is -2.15. The van der Waals surface area contributed by atoms with E-state index in [4.69, 9.17) is 5.73 Å². The fraction of sp³-hybridized carbons (Fsp3) is 0.667. The van der Waals surface area contributed by atoms with Crippen LogP contribution in [-0.2, 0) is 4.79 Å². The van der Waals surface area contributed by atoms with Gasteiger partial charge < -0.3 is 5.73 Å². The van der Waals surface area contributed by atoms with Crippen molar-refractivity contribution in [2.75, 3.05) is 6.54 Å². The lowest BCUT2D eigenvalue weighted by Gasteiger charge is -1.92. The molecule has 0 aromatic heterocycles. The molecule has 0 radical (unpaired) electrons. The van der Waals surface area contributed by atoms with Crippen molar-refractivity contribution in [2.45, 2.75) is 19.8 Å². The SMILES string of the molecule is CCC(=O)NN=CCCN. The summed E-state index contributed by atoms with van der Waals surface area (Å²) in [6.45, 7) is 2.33. The molecule has 0 aliphatic carbocycles. The van der Waals surface area contributed by atoms with Gasteiger partial charge in [0.25, 0.3) is 0 Å². The average Bonchev–Trinajstić information content (AvgIpc) is 1.98. The molecule has 0 heterocycles. The first-order valence-corrected chi connectivity index (χ1v) is 3.31. The normalized spacial score (nSPS) is 10.2. The fourth-order valence-corrected chi connectivity index (χ4v) is 0.336. The van der Waals surface area contributed by atoms with Crippen LogP contribution in [0.5, 0.6) is 0 Å². The predicted octanol–water partition coefficient (Wildman–Crippen LogP) is -0.153. The lowest BCUT2D eigenvalue weighted by atomic mass is 10.5. The number of nitrogens with zero attached hydrogens (tertiary/aromatic N) is 1. The van der Waals surface area contributed by atoms with E-state index in [1.807, 2.05) is 0 Å². The van der Waals surface area contributed by atoms with Gasteiger partial charge in [0.05, 0.1) is 0 Å². The number of nitrogens with two attached hydrogens (primary N) is 1. The largest absolute Gasteiger partial charge is 0.330 e. The van der Waals surface area contributed by atoms with Crippen LogP contribution in [0.3, 0.4) is 0 Å². The van der Waals surface area contributed by atoms with Crippen molar-refractivity contribution < 1.29 is 4.79 Å². The van der Waals surface area contributed by atoms with Gasteiger partial charge >= 0.3 is 0 Å². The van der Waals surface area contributed by atoms with Gasteiger partial charge in [-0.25, -0.2) is 5.43 Å². The summed E-state index contributed by atoms with van der Waals surface area (Å²) in [5.41, 5.74) is 7.52. The number of carbonyl (C=O) groups excluding carboxylic acids is 1. The Bertz CT molecular complexity index is 122. The highest BCUT2D eigenvalue weighted by Crippen LogP contribution is 1.73. The molecule has 0 fully saturated rings. The Balaban J connectivity index is 3.25. The Morgan fingerprint density at radius 3 is 3.00 bits per heavy atom. The van der Waals surface area contributed by atoms with Gasteiger partial charge in [-0.05, 0) is 13.0 Å². The third kappa shape index (κ3) is 5.24. The Morgan fingerprint density at radius 1 is 1.80 bits per heavy atom. The molecule has 0 unspecified atom stereocenters. The van der Waals surface area contributed by atoms with E-state index in [0.717, 1.165) is 0 Å². The standard InChI is InChI=1S/C6H13N3O/c1-2-6(10)9-8-5-3-4-7/h5H,2-4,7H2,1H3,(H,9,10). The highest BCUT2D eigenvalue weighted by molar-refractivity contribution is 5.76. The number of hydrogen-bond donors (Lipinski definition) is 2. The van der Waals surface area contributed by atoms with Crippen molar-refractivity contribution in [3.05, 3.63) is 0 Å². The monoisotopic (exact) mass is 143 g/mol. The molecule has 4 heteroatoms. The molecule has 0 aliphatic heterocycles.